The van der Waals surface area contributed by atoms with Crippen LogP contribution in [-0.4, -0.2) is 27.4 Å². The van der Waals surface area contributed by atoms with Crippen molar-refractivity contribution in [2.24, 2.45) is 4.40 Å². The summed E-state index contributed by atoms with van der Waals surface area (Å²) in [6.07, 6.45) is -9.27. The molecular weight excluding hydrogens is 380 g/mol. The lowest BCUT2D eigenvalue weighted by Gasteiger charge is -2.20. The third-order valence-corrected chi connectivity index (χ3v) is 4.77. The maximum atomic E-state index is 13.2. The van der Waals surface area contributed by atoms with E-state index in [0.717, 1.165) is 0 Å². The van der Waals surface area contributed by atoms with Gasteiger partial charge in [0.15, 0.2) is 0 Å². The van der Waals surface area contributed by atoms with Gasteiger partial charge in [-0.15, -0.1) is 0 Å². The molecule has 0 heterocycles. The lowest BCUT2D eigenvalue weighted by Crippen LogP contribution is -2.31. The first-order valence-electron chi connectivity index (χ1n) is 7.94. The second kappa shape index (κ2) is 8.65. The van der Waals surface area contributed by atoms with Gasteiger partial charge in [-0.25, -0.2) is 0 Å². The van der Waals surface area contributed by atoms with Crippen LogP contribution in [-0.2, 0) is 17.8 Å². The monoisotopic (exact) mass is 401 g/mol. The topological polar surface area (TPSA) is 35.4 Å². The van der Waals surface area contributed by atoms with E-state index in [1.54, 1.807) is 0 Å². The van der Waals surface area contributed by atoms with Crippen molar-refractivity contribution in [2.75, 3.05) is 0 Å². The molecule has 1 unspecified atom stereocenters. The third-order valence-electron chi connectivity index (χ3n) is 3.37. The van der Waals surface area contributed by atoms with E-state index in [1.807, 2.05) is 0 Å². The molecule has 0 aromatic heterocycles. The van der Waals surface area contributed by atoms with Crippen molar-refractivity contribution in [1.29, 1.82) is 0 Å². The number of benzene rings is 1. The van der Waals surface area contributed by atoms with E-state index < -0.39 is 40.6 Å². The Bertz CT molecular complexity index is 602. The second-order valence-corrected chi connectivity index (χ2v) is 8.72. The van der Waals surface area contributed by atoms with E-state index in [1.165, 1.54) is 45.0 Å². The third kappa shape index (κ3) is 7.99. The molecule has 0 aliphatic heterocycles. The first kappa shape index (κ1) is 22.8. The van der Waals surface area contributed by atoms with E-state index in [9.17, 15) is 30.9 Å². The molecular formula is C17H21F6NOS. The van der Waals surface area contributed by atoms with Crippen LogP contribution in [0.2, 0.25) is 0 Å². The minimum Gasteiger partial charge on any atom is -0.591 e. The Balaban J connectivity index is 2.87. The quantitative estimate of drug-likeness (QED) is 0.258. The summed E-state index contributed by atoms with van der Waals surface area (Å²) in [4.78, 5) is 0. The van der Waals surface area contributed by atoms with E-state index in [4.69, 9.17) is 0 Å². The molecule has 1 rings (SSSR count). The van der Waals surface area contributed by atoms with E-state index in [0.29, 0.717) is 12.0 Å². The highest BCUT2D eigenvalue weighted by Crippen LogP contribution is 2.27. The number of rotatable bonds is 6. The van der Waals surface area contributed by atoms with Crippen LogP contribution in [0.4, 0.5) is 26.3 Å². The van der Waals surface area contributed by atoms with Crippen LogP contribution in [0.3, 0.4) is 0 Å². The fourth-order valence-electron chi connectivity index (χ4n) is 1.97. The minimum atomic E-state index is -4.77. The summed E-state index contributed by atoms with van der Waals surface area (Å²) in [7, 11) is 0. The zero-order chi connectivity index (χ0) is 20.2. The van der Waals surface area contributed by atoms with Gasteiger partial charge in [0, 0.05) is 12.0 Å². The SMILES string of the molecule is CC(C)(C)[S+]([O-])N=C(c1ccc(CCCCC(F)(F)F)cc1)C(F)(F)F. The molecule has 9 heteroatoms. The van der Waals surface area contributed by atoms with Gasteiger partial charge in [-0.05, 0) is 45.6 Å². The maximum absolute atomic E-state index is 13.2. The Hall–Kier alpha value is -1.22. The molecule has 1 aromatic rings. The average molecular weight is 401 g/mol. The molecule has 2 nitrogen and oxygen atoms in total. The van der Waals surface area contributed by atoms with Crippen molar-refractivity contribution in [3.8, 4) is 0 Å². The number of alkyl halides is 6. The fraction of sp³-hybridized carbons (Fsp3) is 0.588. The summed E-state index contributed by atoms with van der Waals surface area (Å²) in [5.41, 5.74) is -0.821. The van der Waals surface area contributed by atoms with Gasteiger partial charge in [0.25, 0.3) is 0 Å². The summed E-state index contributed by atoms with van der Waals surface area (Å²) in [5.74, 6) is 0. The number of unbranched alkanes of at least 4 members (excludes halogenated alkanes) is 1. The molecule has 0 aliphatic carbocycles. The Morgan fingerprint density at radius 2 is 1.50 bits per heavy atom. The molecule has 0 radical (unpaired) electrons. The molecule has 0 saturated heterocycles. The Morgan fingerprint density at radius 3 is 1.92 bits per heavy atom. The van der Waals surface area contributed by atoms with Gasteiger partial charge in [-0.2, -0.15) is 26.3 Å². The zero-order valence-corrected chi connectivity index (χ0v) is 15.5. The van der Waals surface area contributed by atoms with Crippen LogP contribution in [0, 0.1) is 0 Å². The highest BCUT2D eigenvalue weighted by atomic mass is 32.2. The Kier molecular flexibility index (Phi) is 7.59. The largest absolute Gasteiger partial charge is 0.591 e. The normalized spacial score (nSPS) is 15.2. The van der Waals surface area contributed by atoms with Crippen molar-refractivity contribution in [3.05, 3.63) is 35.4 Å². The highest BCUT2D eigenvalue weighted by Gasteiger charge is 2.41. The fourth-order valence-corrected chi connectivity index (χ4v) is 2.62. The van der Waals surface area contributed by atoms with Crippen molar-refractivity contribution >= 4 is 17.1 Å². The van der Waals surface area contributed by atoms with Crippen molar-refractivity contribution in [2.45, 2.75) is 63.6 Å². The summed E-state index contributed by atoms with van der Waals surface area (Å²) < 4.78 is 90.3. The minimum absolute atomic E-state index is 0.0366. The van der Waals surface area contributed by atoms with Gasteiger partial charge in [0.1, 0.15) is 16.1 Å². The summed E-state index contributed by atoms with van der Waals surface area (Å²) in [5, 5.41) is 0. The molecule has 0 saturated carbocycles. The van der Waals surface area contributed by atoms with Crippen LogP contribution >= 0.6 is 0 Å². The summed E-state index contributed by atoms with van der Waals surface area (Å²) in [6.45, 7) is 4.56. The van der Waals surface area contributed by atoms with Gasteiger partial charge < -0.3 is 4.55 Å². The zero-order valence-electron chi connectivity index (χ0n) is 14.7. The summed E-state index contributed by atoms with van der Waals surface area (Å²) >= 11 is -2.07. The molecule has 148 valence electrons. The van der Waals surface area contributed by atoms with Gasteiger partial charge in [-0.3, -0.25) is 0 Å². The van der Waals surface area contributed by atoms with Gasteiger partial charge in [0.2, 0.25) is 5.71 Å². The molecule has 0 bridgehead atoms. The van der Waals surface area contributed by atoms with Crippen LogP contribution in [0.5, 0.6) is 0 Å². The van der Waals surface area contributed by atoms with Crippen molar-refractivity contribution in [3.63, 3.8) is 0 Å². The molecule has 1 atom stereocenters. The number of hydrogen-bond acceptors (Lipinski definition) is 2. The van der Waals surface area contributed by atoms with E-state index in [2.05, 4.69) is 4.40 Å². The van der Waals surface area contributed by atoms with Crippen LogP contribution in [0.15, 0.2) is 28.7 Å². The van der Waals surface area contributed by atoms with Gasteiger partial charge >= 0.3 is 12.4 Å². The highest BCUT2D eigenvalue weighted by molar-refractivity contribution is 7.91. The molecule has 0 aliphatic rings. The molecule has 0 spiro atoms. The Morgan fingerprint density at radius 1 is 0.962 bits per heavy atom. The van der Waals surface area contributed by atoms with Gasteiger partial charge in [0.05, 0.1) is 0 Å². The van der Waals surface area contributed by atoms with Crippen LogP contribution in [0.25, 0.3) is 0 Å². The number of aryl methyl sites for hydroxylation is 1. The van der Waals surface area contributed by atoms with Crippen LogP contribution in [0.1, 0.15) is 51.2 Å². The predicted molar refractivity (Wildman–Crippen MR) is 90.5 cm³/mol. The van der Waals surface area contributed by atoms with E-state index >= 15 is 0 Å². The number of nitrogens with zero attached hydrogens (tertiary/aromatic N) is 1. The maximum Gasteiger partial charge on any atom is 0.438 e. The molecule has 0 fully saturated rings. The first-order chi connectivity index (χ1) is 11.7. The Labute approximate surface area is 152 Å². The van der Waals surface area contributed by atoms with E-state index in [-0.39, 0.29) is 18.4 Å². The van der Waals surface area contributed by atoms with Crippen molar-refractivity contribution in [1.82, 2.24) is 0 Å². The van der Waals surface area contributed by atoms with Crippen molar-refractivity contribution < 1.29 is 30.9 Å². The number of halogens is 6. The first-order valence-corrected chi connectivity index (χ1v) is 9.05. The lowest BCUT2D eigenvalue weighted by molar-refractivity contribution is -0.135. The van der Waals surface area contributed by atoms with Gasteiger partial charge in [-0.1, -0.05) is 28.7 Å². The lowest BCUT2D eigenvalue weighted by atomic mass is 10.0. The molecule has 0 amide bonds. The average Bonchev–Trinajstić information content (AvgIpc) is 2.46. The molecule has 1 aromatic carbocycles. The predicted octanol–water partition coefficient (Wildman–Crippen LogP) is 5.78. The molecule has 0 N–H and O–H groups in total. The van der Waals surface area contributed by atoms with Crippen LogP contribution < -0.4 is 0 Å². The number of hydrogen-bond donors (Lipinski definition) is 0. The summed E-state index contributed by atoms with van der Waals surface area (Å²) in [6, 6.07) is 5.24. The second-order valence-electron chi connectivity index (χ2n) is 6.82. The smallest absolute Gasteiger partial charge is 0.438 e. The standard InChI is InChI=1S/C17H21F6NOS/c1-15(2,3)26(25)24-14(17(21,22)23)13-9-7-12(8-10-13)6-4-5-11-16(18,19)20/h7-10H,4-6,11H2,1-3H3. The molecule has 26 heavy (non-hydrogen) atoms.